The van der Waals surface area contributed by atoms with E-state index in [0.717, 1.165) is 5.56 Å². The first kappa shape index (κ1) is 16.0. The van der Waals surface area contributed by atoms with Crippen molar-refractivity contribution in [2.75, 3.05) is 13.7 Å². The molecule has 0 aliphatic carbocycles. The van der Waals surface area contributed by atoms with Crippen LogP contribution < -0.4 is 21.5 Å². The predicted octanol–water partition coefficient (Wildman–Crippen LogP) is -0.0533. The maximum Gasteiger partial charge on any atom is 0.224 e. The summed E-state index contributed by atoms with van der Waals surface area (Å²) in [6.07, 6.45) is 1.05. The molecule has 0 radical (unpaired) electrons. The highest BCUT2D eigenvalue weighted by Crippen LogP contribution is 2.14. The summed E-state index contributed by atoms with van der Waals surface area (Å²) in [6.45, 7) is 0.302. The minimum Gasteiger partial charge on any atom is -0.492 e. The fraction of sp³-hybridized carbons (Fsp3) is 0.429. The second-order valence-corrected chi connectivity index (χ2v) is 4.57. The van der Waals surface area contributed by atoms with Crippen LogP contribution in [0.1, 0.15) is 18.4 Å². The number of ether oxygens (including phenoxy) is 1. The van der Waals surface area contributed by atoms with Crippen molar-refractivity contribution in [3.05, 3.63) is 29.8 Å². The Balaban J connectivity index is 2.45. The number of hydrogen-bond acceptors (Lipinski definition) is 4. The third kappa shape index (κ3) is 6.19. The van der Waals surface area contributed by atoms with E-state index in [2.05, 4.69) is 5.32 Å². The number of benzene rings is 1. The van der Waals surface area contributed by atoms with Gasteiger partial charge in [0.05, 0.1) is 6.42 Å². The molecule has 0 aliphatic rings. The molecule has 0 unspecified atom stereocenters. The molecular weight excluding hydrogens is 258 g/mol. The Bertz CT molecular complexity index is 463. The van der Waals surface area contributed by atoms with E-state index in [1.54, 1.807) is 19.2 Å². The van der Waals surface area contributed by atoms with Gasteiger partial charge in [-0.2, -0.15) is 0 Å². The Hall–Kier alpha value is -2.08. The molecule has 1 rings (SSSR count). The first-order chi connectivity index (χ1) is 9.51. The van der Waals surface area contributed by atoms with Gasteiger partial charge in [-0.1, -0.05) is 12.1 Å². The molecule has 0 aromatic heterocycles. The minimum absolute atomic E-state index is 0.0553. The van der Waals surface area contributed by atoms with Gasteiger partial charge < -0.3 is 21.5 Å². The van der Waals surface area contributed by atoms with E-state index in [9.17, 15) is 9.59 Å². The van der Waals surface area contributed by atoms with Crippen LogP contribution in [0, 0.1) is 0 Å². The van der Waals surface area contributed by atoms with Crippen molar-refractivity contribution in [1.82, 2.24) is 5.32 Å². The number of carbonyl (C=O) groups is 2. The van der Waals surface area contributed by atoms with Crippen LogP contribution in [0.2, 0.25) is 0 Å². The van der Waals surface area contributed by atoms with Crippen molar-refractivity contribution in [3.63, 3.8) is 0 Å². The Kier molecular flexibility index (Phi) is 6.52. The quantitative estimate of drug-likeness (QED) is 0.620. The topological polar surface area (TPSA) is 107 Å². The van der Waals surface area contributed by atoms with Crippen LogP contribution >= 0.6 is 0 Å². The highest BCUT2D eigenvalue weighted by Gasteiger charge is 2.07. The van der Waals surface area contributed by atoms with E-state index < -0.39 is 0 Å². The molecular formula is C14H21N3O3. The fourth-order valence-corrected chi connectivity index (χ4v) is 1.63. The Morgan fingerprint density at radius 3 is 2.80 bits per heavy atom. The summed E-state index contributed by atoms with van der Waals surface area (Å²) in [4.78, 5) is 21.9. The second kappa shape index (κ2) is 8.16. The number of likely N-dealkylation sites (N-methyl/N-ethyl adjacent to an activating group) is 1. The molecule has 6 heteroatoms. The largest absolute Gasteiger partial charge is 0.492 e. The van der Waals surface area contributed by atoms with Crippen LogP contribution in [0.15, 0.2) is 24.3 Å². The maximum atomic E-state index is 11.3. The Morgan fingerprint density at radius 2 is 2.15 bits per heavy atom. The molecule has 1 aromatic rings. The molecule has 0 saturated heterocycles. The van der Waals surface area contributed by atoms with Crippen molar-refractivity contribution < 1.29 is 14.3 Å². The Morgan fingerprint density at radius 1 is 1.40 bits per heavy atom. The zero-order chi connectivity index (χ0) is 15.0. The molecule has 0 heterocycles. The SMILES string of the molecule is CNC(=O)Cc1cccc(OC[C@@H](N)CCC(N)=O)c1. The van der Waals surface area contributed by atoms with Gasteiger partial charge in [0.25, 0.3) is 0 Å². The van der Waals surface area contributed by atoms with Crippen molar-refractivity contribution in [1.29, 1.82) is 0 Å². The van der Waals surface area contributed by atoms with E-state index in [1.165, 1.54) is 0 Å². The maximum absolute atomic E-state index is 11.3. The number of amides is 2. The van der Waals surface area contributed by atoms with Crippen molar-refractivity contribution in [2.24, 2.45) is 11.5 Å². The third-order valence-corrected chi connectivity index (χ3v) is 2.77. The van der Waals surface area contributed by atoms with Crippen LogP contribution in [0.4, 0.5) is 0 Å². The normalized spacial score (nSPS) is 11.7. The number of nitrogens with two attached hydrogens (primary N) is 2. The van der Waals surface area contributed by atoms with Crippen molar-refractivity contribution in [3.8, 4) is 5.75 Å². The lowest BCUT2D eigenvalue weighted by Crippen LogP contribution is -2.29. The lowest BCUT2D eigenvalue weighted by molar-refractivity contribution is -0.120. The molecule has 6 nitrogen and oxygen atoms in total. The number of carbonyl (C=O) groups excluding carboxylic acids is 2. The van der Waals surface area contributed by atoms with Gasteiger partial charge in [0, 0.05) is 19.5 Å². The van der Waals surface area contributed by atoms with Crippen LogP contribution in [0.3, 0.4) is 0 Å². The molecule has 0 spiro atoms. The van der Waals surface area contributed by atoms with Crippen LogP contribution in [0.25, 0.3) is 0 Å². The van der Waals surface area contributed by atoms with Gasteiger partial charge in [-0.05, 0) is 24.1 Å². The molecule has 0 bridgehead atoms. The summed E-state index contributed by atoms with van der Waals surface area (Å²) in [5, 5.41) is 2.57. The average Bonchev–Trinajstić information content (AvgIpc) is 2.43. The zero-order valence-electron chi connectivity index (χ0n) is 11.6. The van der Waals surface area contributed by atoms with E-state index in [0.29, 0.717) is 25.2 Å². The first-order valence-electron chi connectivity index (χ1n) is 6.47. The lowest BCUT2D eigenvalue weighted by atomic mass is 10.1. The molecule has 1 aromatic carbocycles. The minimum atomic E-state index is -0.368. The standard InChI is InChI=1S/C14H21N3O3/c1-17-14(19)8-10-3-2-4-12(7-10)20-9-11(15)5-6-13(16)18/h2-4,7,11H,5-6,8-9,15H2,1H3,(H2,16,18)(H,17,19)/t11-/m0/s1. The first-order valence-corrected chi connectivity index (χ1v) is 6.47. The summed E-state index contributed by atoms with van der Waals surface area (Å²) >= 11 is 0. The summed E-state index contributed by atoms with van der Waals surface area (Å²) < 4.78 is 5.55. The number of nitrogens with one attached hydrogen (secondary N) is 1. The molecule has 110 valence electrons. The molecule has 0 aliphatic heterocycles. The van der Waals surface area contributed by atoms with E-state index in [1.807, 2.05) is 12.1 Å². The molecule has 1 atom stereocenters. The van der Waals surface area contributed by atoms with Gasteiger partial charge in [-0.25, -0.2) is 0 Å². The average molecular weight is 279 g/mol. The number of primary amides is 1. The third-order valence-electron chi connectivity index (χ3n) is 2.77. The highest BCUT2D eigenvalue weighted by molar-refractivity contribution is 5.78. The van der Waals surface area contributed by atoms with Crippen molar-refractivity contribution in [2.45, 2.75) is 25.3 Å². The summed E-state index contributed by atoms with van der Waals surface area (Å²) in [5.41, 5.74) is 11.7. The van der Waals surface area contributed by atoms with Crippen LogP contribution in [-0.2, 0) is 16.0 Å². The van der Waals surface area contributed by atoms with E-state index in [4.69, 9.17) is 16.2 Å². The summed E-state index contributed by atoms with van der Waals surface area (Å²) in [7, 11) is 1.60. The monoisotopic (exact) mass is 279 g/mol. The summed E-state index contributed by atoms with van der Waals surface area (Å²) in [5.74, 6) is 0.231. The van der Waals surface area contributed by atoms with Crippen molar-refractivity contribution >= 4 is 11.8 Å². The van der Waals surface area contributed by atoms with Gasteiger partial charge in [-0.3, -0.25) is 9.59 Å². The predicted molar refractivity (Wildman–Crippen MR) is 76.1 cm³/mol. The second-order valence-electron chi connectivity index (χ2n) is 4.57. The van der Waals surface area contributed by atoms with Gasteiger partial charge in [0.1, 0.15) is 12.4 Å². The number of hydrogen-bond donors (Lipinski definition) is 3. The fourth-order valence-electron chi connectivity index (χ4n) is 1.63. The molecule has 2 amide bonds. The zero-order valence-corrected chi connectivity index (χ0v) is 11.6. The van der Waals surface area contributed by atoms with Gasteiger partial charge in [-0.15, -0.1) is 0 Å². The molecule has 0 fully saturated rings. The smallest absolute Gasteiger partial charge is 0.224 e. The molecule has 20 heavy (non-hydrogen) atoms. The Labute approximate surface area is 118 Å². The van der Waals surface area contributed by atoms with Gasteiger partial charge in [0.15, 0.2) is 0 Å². The van der Waals surface area contributed by atoms with Crippen LogP contribution in [0.5, 0.6) is 5.75 Å². The number of rotatable bonds is 8. The van der Waals surface area contributed by atoms with Gasteiger partial charge >= 0.3 is 0 Å². The molecule has 0 saturated carbocycles. The van der Waals surface area contributed by atoms with Crippen LogP contribution in [-0.4, -0.2) is 31.5 Å². The summed E-state index contributed by atoms with van der Waals surface area (Å²) in [6, 6.07) is 7.03. The molecule has 5 N–H and O–H groups in total. The lowest BCUT2D eigenvalue weighted by Gasteiger charge is -2.13. The van der Waals surface area contributed by atoms with Gasteiger partial charge in [0.2, 0.25) is 11.8 Å². The highest BCUT2D eigenvalue weighted by atomic mass is 16.5. The van der Waals surface area contributed by atoms with E-state index >= 15 is 0 Å². The van der Waals surface area contributed by atoms with E-state index in [-0.39, 0.29) is 24.3 Å².